The Kier molecular flexibility index (Phi) is 5.94. The van der Waals surface area contributed by atoms with Gasteiger partial charge >= 0.3 is 0 Å². The lowest BCUT2D eigenvalue weighted by atomic mass is 9.98. The molecule has 138 valence electrons. The van der Waals surface area contributed by atoms with Crippen molar-refractivity contribution in [1.29, 1.82) is 0 Å². The zero-order valence-corrected chi connectivity index (χ0v) is 18.9. The number of benzene rings is 2. The zero-order chi connectivity index (χ0) is 18.1. The zero-order valence-electron chi connectivity index (χ0n) is 14.8. The topological polar surface area (TPSA) is 0 Å². The number of hydrogen-bond donors (Lipinski definition) is 0. The average Bonchev–Trinajstić information content (AvgIpc) is 3.19. The van der Waals surface area contributed by atoms with E-state index in [1.807, 2.05) is 0 Å². The lowest BCUT2D eigenvalue weighted by Gasteiger charge is -2.32. The van der Waals surface area contributed by atoms with Gasteiger partial charge in [-0.05, 0) is 29.5 Å². The van der Waals surface area contributed by atoms with Crippen molar-refractivity contribution >= 4 is 58.8 Å². The third-order valence-corrected chi connectivity index (χ3v) is 12.4. The van der Waals surface area contributed by atoms with Crippen molar-refractivity contribution in [2.75, 3.05) is 11.5 Å². The second-order valence-electron chi connectivity index (χ2n) is 6.71. The van der Waals surface area contributed by atoms with Gasteiger partial charge < -0.3 is 0 Å². The molecule has 2 unspecified atom stereocenters. The quantitative estimate of drug-likeness (QED) is 0.455. The van der Waals surface area contributed by atoms with Crippen molar-refractivity contribution in [2.45, 2.75) is 23.3 Å². The monoisotopic (exact) mass is 444 g/mol. The molecule has 1 saturated heterocycles. The standard InChI is InChI=1S/C22H20S5/c1-3-7-15(8-4-1)18-13-17(14-19(25-18)16-9-5-2-6-10-16)20-26-21-22(27-20)24-12-11-23-21/h1-10,18-19H,11-14H2. The molecule has 5 rings (SSSR count). The normalized spacial score (nSPS) is 25.6. The molecule has 0 aliphatic carbocycles. The summed E-state index contributed by atoms with van der Waals surface area (Å²) >= 11 is 10.4. The van der Waals surface area contributed by atoms with Gasteiger partial charge in [0.15, 0.2) is 0 Å². The summed E-state index contributed by atoms with van der Waals surface area (Å²) in [6.07, 6.45) is 2.37. The van der Waals surface area contributed by atoms with E-state index in [4.69, 9.17) is 0 Å². The highest BCUT2D eigenvalue weighted by molar-refractivity contribution is 8.41. The van der Waals surface area contributed by atoms with Crippen LogP contribution in [0.25, 0.3) is 0 Å². The summed E-state index contributed by atoms with van der Waals surface area (Å²) in [5.41, 5.74) is 4.61. The summed E-state index contributed by atoms with van der Waals surface area (Å²) in [7, 11) is 0. The number of hydrogen-bond acceptors (Lipinski definition) is 5. The highest BCUT2D eigenvalue weighted by Gasteiger charge is 2.33. The number of rotatable bonds is 2. The first-order valence-corrected chi connectivity index (χ1v) is 13.7. The second kappa shape index (κ2) is 8.58. The van der Waals surface area contributed by atoms with Crippen molar-refractivity contribution < 1.29 is 0 Å². The Bertz CT molecular complexity index is 803. The van der Waals surface area contributed by atoms with Crippen LogP contribution < -0.4 is 0 Å². The Labute approximate surface area is 182 Å². The fraction of sp³-hybridized carbons (Fsp3) is 0.273. The second-order valence-corrected chi connectivity index (χ2v) is 13.1. The fourth-order valence-electron chi connectivity index (χ4n) is 3.58. The molecule has 2 atom stereocenters. The van der Waals surface area contributed by atoms with Gasteiger partial charge in [-0.2, -0.15) is 0 Å². The molecule has 3 aliphatic rings. The molecular formula is C22H20S5. The van der Waals surface area contributed by atoms with Crippen LogP contribution in [0.4, 0.5) is 0 Å². The first-order chi connectivity index (χ1) is 13.4. The molecule has 2 aromatic carbocycles. The Morgan fingerprint density at radius 1 is 0.593 bits per heavy atom. The van der Waals surface area contributed by atoms with Gasteiger partial charge in [0.25, 0.3) is 0 Å². The lowest BCUT2D eigenvalue weighted by Crippen LogP contribution is -2.10. The van der Waals surface area contributed by atoms with Crippen molar-refractivity contribution in [2.24, 2.45) is 0 Å². The van der Waals surface area contributed by atoms with E-state index >= 15 is 0 Å². The van der Waals surface area contributed by atoms with Crippen LogP contribution in [0.15, 0.2) is 78.9 Å². The van der Waals surface area contributed by atoms with E-state index in [-0.39, 0.29) is 0 Å². The molecule has 0 radical (unpaired) electrons. The minimum Gasteiger partial charge on any atom is -0.145 e. The van der Waals surface area contributed by atoms with Gasteiger partial charge in [0.2, 0.25) is 0 Å². The Morgan fingerprint density at radius 3 is 1.56 bits per heavy atom. The number of thioether (sulfide) groups is 5. The SMILES string of the molecule is c1ccc(C2CC(=C3SC4=C(SCCS4)S3)CC(c3ccccc3)S2)cc1. The summed E-state index contributed by atoms with van der Waals surface area (Å²) in [4.78, 5) is 0. The van der Waals surface area contributed by atoms with Crippen molar-refractivity contribution in [3.8, 4) is 0 Å². The van der Waals surface area contributed by atoms with Crippen LogP contribution in [0.5, 0.6) is 0 Å². The van der Waals surface area contributed by atoms with Crippen LogP contribution >= 0.6 is 58.8 Å². The van der Waals surface area contributed by atoms with Crippen molar-refractivity contribution in [3.05, 3.63) is 90.1 Å². The van der Waals surface area contributed by atoms with E-state index in [9.17, 15) is 0 Å². The van der Waals surface area contributed by atoms with Gasteiger partial charge in [0, 0.05) is 22.0 Å². The molecular weight excluding hydrogens is 425 g/mol. The average molecular weight is 445 g/mol. The summed E-state index contributed by atoms with van der Waals surface area (Å²) in [6, 6.07) is 22.2. The molecule has 0 aromatic heterocycles. The predicted octanol–water partition coefficient (Wildman–Crippen LogP) is 8.29. The third kappa shape index (κ3) is 4.18. The molecule has 0 spiro atoms. The van der Waals surface area contributed by atoms with Crippen LogP contribution in [-0.2, 0) is 0 Å². The van der Waals surface area contributed by atoms with Gasteiger partial charge in [0.1, 0.15) is 0 Å². The Morgan fingerprint density at radius 2 is 1.07 bits per heavy atom. The molecule has 5 heteroatoms. The lowest BCUT2D eigenvalue weighted by molar-refractivity contribution is 0.769. The van der Waals surface area contributed by atoms with Crippen LogP contribution in [-0.4, -0.2) is 11.5 Å². The minimum absolute atomic E-state index is 0.548. The molecule has 1 fully saturated rings. The summed E-state index contributed by atoms with van der Waals surface area (Å²) in [5.74, 6) is 2.52. The predicted molar refractivity (Wildman–Crippen MR) is 129 cm³/mol. The minimum atomic E-state index is 0.548. The largest absolute Gasteiger partial charge is 0.145 e. The molecule has 3 aliphatic heterocycles. The smallest absolute Gasteiger partial charge is 0.0660 e. The fourth-order valence-corrected chi connectivity index (χ4v) is 11.3. The highest BCUT2D eigenvalue weighted by atomic mass is 32.3. The van der Waals surface area contributed by atoms with Gasteiger partial charge in [-0.15, -0.1) is 35.3 Å². The molecule has 0 bridgehead atoms. The molecule has 3 heterocycles. The van der Waals surface area contributed by atoms with E-state index in [0.29, 0.717) is 10.5 Å². The molecule has 0 amide bonds. The van der Waals surface area contributed by atoms with E-state index in [2.05, 4.69) is 119 Å². The summed E-state index contributed by atoms with van der Waals surface area (Å²) in [5, 5.41) is 1.10. The first-order valence-electron chi connectivity index (χ1n) is 9.20. The van der Waals surface area contributed by atoms with Gasteiger partial charge in [-0.3, -0.25) is 0 Å². The van der Waals surface area contributed by atoms with Crippen LogP contribution in [0.2, 0.25) is 0 Å². The van der Waals surface area contributed by atoms with E-state index in [1.165, 1.54) is 35.5 Å². The van der Waals surface area contributed by atoms with Crippen molar-refractivity contribution in [1.82, 2.24) is 0 Å². The summed E-state index contributed by atoms with van der Waals surface area (Å²) in [6.45, 7) is 0. The third-order valence-electron chi connectivity index (χ3n) is 4.91. The molecule has 0 saturated carbocycles. The molecule has 27 heavy (non-hydrogen) atoms. The Balaban J connectivity index is 1.47. The van der Waals surface area contributed by atoms with Crippen molar-refractivity contribution in [3.63, 3.8) is 0 Å². The first kappa shape index (κ1) is 18.7. The Hall–Kier alpha value is -0.330. The van der Waals surface area contributed by atoms with E-state index in [1.54, 1.807) is 18.3 Å². The van der Waals surface area contributed by atoms with Crippen LogP contribution in [0.1, 0.15) is 34.5 Å². The van der Waals surface area contributed by atoms with E-state index < -0.39 is 0 Å². The molecule has 2 aromatic rings. The van der Waals surface area contributed by atoms with Gasteiger partial charge in [-0.1, -0.05) is 84.2 Å². The maximum atomic E-state index is 2.30. The maximum absolute atomic E-state index is 2.30. The molecule has 0 N–H and O–H groups in total. The van der Waals surface area contributed by atoms with Gasteiger partial charge in [0.05, 0.1) is 12.7 Å². The van der Waals surface area contributed by atoms with Crippen LogP contribution in [0.3, 0.4) is 0 Å². The summed E-state index contributed by atoms with van der Waals surface area (Å²) < 4.78 is 4.69. The maximum Gasteiger partial charge on any atom is 0.0660 e. The van der Waals surface area contributed by atoms with Gasteiger partial charge in [-0.25, -0.2) is 0 Å². The number of allylic oxidation sites excluding steroid dienone is 1. The van der Waals surface area contributed by atoms with E-state index in [0.717, 1.165) is 0 Å². The molecule has 0 nitrogen and oxygen atoms in total. The highest BCUT2D eigenvalue weighted by Crippen LogP contribution is 2.63. The van der Waals surface area contributed by atoms with Crippen LogP contribution in [0, 0.1) is 0 Å².